The fraction of sp³-hybridized carbons (Fsp3) is 1.00. The van der Waals surface area contributed by atoms with Crippen LogP contribution in [-0.4, -0.2) is 37.9 Å². The molecule has 29 heavy (non-hydrogen) atoms. The van der Waals surface area contributed by atoms with E-state index < -0.39 is 19.0 Å². The number of phosphoric acid groups is 1. The Kier molecular flexibility index (Phi) is 21.9. The van der Waals surface area contributed by atoms with Crippen LogP contribution in [0, 0.1) is 0 Å². The predicted octanol–water partition coefficient (Wildman–Crippen LogP) is 6.67. The molecule has 0 bridgehead atoms. The molecule has 0 aliphatic carbocycles. The molecule has 0 amide bonds. The third-order valence-electron chi connectivity index (χ3n) is 3.65. The lowest BCUT2D eigenvalue weighted by atomic mass is 10.2. The fourth-order valence-electron chi connectivity index (χ4n) is 2.42. The van der Waals surface area contributed by atoms with E-state index in [0.29, 0.717) is 0 Å². The summed E-state index contributed by atoms with van der Waals surface area (Å²) in [6, 6.07) is 0. The summed E-state index contributed by atoms with van der Waals surface area (Å²) in [5, 5.41) is 0. The van der Waals surface area contributed by atoms with Gasteiger partial charge >= 0.3 is 7.82 Å². The number of hydrogen-bond acceptors (Lipinski definition) is 4. The number of quaternary nitrogens is 1. The van der Waals surface area contributed by atoms with Crippen molar-refractivity contribution in [2.24, 2.45) is 0 Å². The Morgan fingerprint density at radius 1 is 0.690 bits per heavy atom. The summed E-state index contributed by atoms with van der Waals surface area (Å²) in [5.41, 5.74) is -1.12. The molecule has 0 unspecified atom stereocenters. The third-order valence-corrected chi connectivity index (χ3v) is 5.64. The molecule has 0 aliphatic rings. The first kappa shape index (κ1) is 33.7. The number of hydrogen-bond donors (Lipinski definition) is 1. The topological polar surface area (TPSA) is 49.2 Å². The summed E-state index contributed by atoms with van der Waals surface area (Å²) in [5.74, 6) is 0. The molecule has 0 aliphatic heterocycles. The van der Waals surface area contributed by atoms with Gasteiger partial charge in [0.2, 0.25) is 0 Å². The molecule has 0 atom stereocenters. The van der Waals surface area contributed by atoms with E-state index in [0.717, 1.165) is 0 Å². The molecule has 1 N–H and O–H groups in total. The van der Waals surface area contributed by atoms with E-state index in [1.165, 1.54) is 65.3 Å². The van der Waals surface area contributed by atoms with Crippen molar-refractivity contribution in [3.63, 3.8) is 0 Å². The first-order chi connectivity index (χ1) is 13.3. The molecule has 0 aromatic heterocycles. The number of rotatable bonds is 12. The zero-order valence-electron chi connectivity index (χ0n) is 21.9. The van der Waals surface area contributed by atoms with Crippen LogP contribution in [0.25, 0.3) is 0 Å². The monoisotopic (exact) mass is 440 g/mol. The quantitative estimate of drug-likeness (QED) is 0.344. The third kappa shape index (κ3) is 26.0. The number of unbranched alkanes of at least 4 members (excludes halogenated alkanes) is 3. The van der Waals surface area contributed by atoms with Gasteiger partial charge in [-0.15, -0.1) is 0 Å². The maximum Gasteiger partial charge on any atom is 0.475 e. The summed E-state index contributed by atoms with van der Waals surface area (Å²) in [7, 11) is -2.13. The van der Waals surface area contributed by atoms with E-state index in [2.05, 4.69) is 20.8 Å². The largest absolute Gasteiger partial charge is 0.475 e. The van der Waals surface area contributed by atoms with Gasteiger partial charge in [-0.1, -0.05) is 53.9 Å². The zero-order valence-corrected chi connectivity index (χ0v) is 22.8. The van der Waals surface area contributed by atoms with Crippen LogP contribution in [0.4, 0.5) is 0 Å². The van der Waals surface area contributed by atoms with Crippen molar-refractivity contribution in [3.8, 4) is 0 Å². The maximum absolute atomic E-state index is 11.9. The molecule has 0 heterocycles. The van der Waals surface area contributed by atoms with Gasteiger partial charge < -0.3 is 4.90 Å². The van der Waals surface area contributed by atoms with Crippen LogP contribution in [0.2, 0.25) is 0 Å². The molecule has 0 aromatic carbocycles. The molecule has 0 fully saturated rings. The molecule has 0 radical (unpaired) electrons. The van der Waals surface area contributed by atoms with Crippen molar-refractivity contribution < 1.29 is 23.0 Å². The summed E-state index contributed by atoms with van der Waals surface area (Å²) < 4.78 is 27.3. The molecule has 0 aromatic rings. The number of nitrogens with one attached hydrogen (secondary N) is 1. The normalized spacial score (nSPS) is 12.2. The van der Waals surface area contributed by atoms with E-state index in [9.17, 15) is 4.57 Å². The van der Waals surface area contributed by atoms with Crippen molar-refractivity contribution in [2.75, 3.05) is 26.7 Å². The SMILES string of the molecule is CC.CCCC[NH+](CCCC)CCCC.COP(=O)(OC(C)(C)C)OC(C)(C)C. The summed E-state index contributed by atoms with van der Waals surface area (Å²) >= 11 is 0. The second-order valence-electron chi connectivity index (χ2n) is 9.10. The number of phosphoric ester groups is 1. The second kappa shape index (κ2) is 18.8. The minimum Gasteiger partial charge on any atom is -0.335 e. The van der Waals surface area contributed by atoms with Crippen LogP contribution in [0.15, 0.2) is 0 Å². The summed E-state index contributed by atoms with van der Waals surface area (Å²) in [6.45, 7) is 25.8. The Labute approximate surface area is 183 Å². The van der Waals surface area contributed by atoms with Crippen molar-refractivity contribution >= 4 is 7.82 Å². The van der Waals surface area contributed by atoms with Gasteiger partial charge in [-0.3, -0.25) is 13.6 Å². The second-order valence-corrected chi connectivity index (χ2v) is 10.7. The van der Waals surface area contributed by atoms with Gasteiger partial charge in [0, 0.05) is 7.11 Å². The maximum atomic E-state index is 11.9. The molecule has 180 valence electrons. The molecule has 0 spiro atoms. The first-order valence-electron chi connectivity index (χ1n) is 11.7. The Balaban J connectivity index is -0.000000430. The van der Waals surface area contributed by atoms with Crippen molar-refractivity contribution in [3.05, 3.63) is 0 Å². The van der Waals surface area contributed by atoms with Crippen LogP contribution in [-0.2, 0) is 18.1 Å². The minimum atomic E-state index is -3.44. The highest BCUT2D eigenvalue weighted by atomic mass is 31.2. The lowest BCUT2D eigenvalue weighted by Gasteiger charge is -2.29. The molecule has 6 heteroatoms. The van der Waals surface area contributed by atoms with E-state index in [-0.39, 0.29) is 0 Å². The molecule has 5 nitrogen and oxygen atoms in total. The van der Waals surface area contributed by atoms with Gasteiger partial charge in [0.25, 0.3) is 0 Å². The van der Waals surface area contributed by atoms with Gasteiger partial charge in [0.1, 0.15) is 0 Å². The lowest BCUT2D eigenvalue weighted by molar-refractivity contribution is -0.900. The van der Waals surface area contributed by atoms with Gasteiger partial charge in [-0.05, 0) is 60.8 Å². The average molecular weight is 441 g/mol. The lowest BCUT2D eigenvalue weighted by Crippen LogP contribution is -3.12. The van der Waals surface area contributed by atoms with Crippen molar-refractivity contribution in [2.45, 2.75) is 126 Å². The highest BCUT2D eigenvalue weighted by molar-refractivity contribution is 7.48. The van der Waals surface area contributed by atoms with Gasteiger partial charge in [-0.25, -0.2) is 4.57 Å². The Hall–Kier alpha value is 0.0700. The molecular weight excluding hydrogens is 385 g/mol. The smallest absolute Gasteiger partial charge is 0.335 e. The van der Waals surface area contributed by atoms with E-state index >= 15 is 0 Å². The summed E-state index contributed by atoms with van der Waals surface area (Å²) in [6.07, 6.45) is 8.26. The first-order valence-corrected chi connectivity index (χ1v) is 13.2. The zero-order chi connectivity index (χ0) is 23.6. The van der Waals surface area contributed by atoms with E-state index in [1.807, 2.05) is 18.7 Å². The van der Waals surface area contributed by atoms with E-state index in [1.54, 1.807) is 41.5 Å². The Bertz CT molecular complexity index is 350. The van der Waals surface area contributed by atoms with Crippen LogP contribution in [0.1, 0.15) is 115 Å². The van der Waals surface area contributed by atoms with Crippen LogP contribution < -0.4 is 4.90 Å². The highest BCUT2D eigenvalue weighted by Crippen LogP contribution is 2.54. The van der Waals surface area contributed by atoms with Gasteiger partial charge in [0.05, 0.1) is 30.8 Å². The highest BCUT2D eigenvalue weighted by Gasteiger charge is 2.35. The van der Waals surface area contributed by atoms with Crippen LogP contribution in [0.3, 0.4) is 0 Å². The molecular formula is C23H55NO4P+. The molecule has 0 saturated carbocycles. The van der Waals surface area contributed by atoms with Crippen LogP contribution >= 0.6 is 7.82 Å². The van der Waals surface area contributed by atoms with E-state index in [4.69, 9.17) is 13.6 Å². The Morgan fingerprint density at radius 3 is 1.14 bits per heavy atom. The standard InChI is InChI=1S/C12H27N.C9H21O4P.C2H6/c1-4-7-10-13(11-8-5-2)12-9-6-3;1-8(2,3)12-14(10,11-7)13-9(4,5)6;1-2/h4-12H2,1-3H3;1-7H3;1-2H3/p+1. The Morgan fingerprint density at radius 2 is 0.966 bits per heavy atom. The fourth-order valence-corrected chi connectivity index (χ4v) is 3.95. The molecule has 0 rings (SSSR count). The van der Waals surface area contributed by atoms with Crippen molar-refractivity contribution in [1.82, 2.24) is 0 Å². The minimum absolute atomic E-state index is 0.559. The van der Waals surface area contributed by atoms with Crippen molar-refractivity contribution in [1.29, 1.82) is 0 Å². The average Bonchev–Trinajstić information content (AvgIpc) is 2.60. The summed E-state index contributed by atoms with van der Waals surface area (Å²) in [4.78, 5) is 1.84. The van der Waals surface area contributed by atoms with Crippen LogP contribution in [0.5, 0.6) is 0 Å². The van der Waals surface area contributed by atoms with Gasteiger partial charge in [0.15, 0.2) is 0 Å². The predicted molar refractivity (Wildman–Crippen MR) is 128 cm³/mol. The van der Waals surface area contributed by atoms with Gasteiger partial charge in [-0.2, -0.15) is 0 Å². The molecule has 0 saturated heterocycles.